The predicted molar refractivity (Wildman–Crippen MR) is 101 cm³/mol. The lowest BCUT2D eigenvalue weighted by Crippen LogP contribution is -2.30. The highest BCUT2D eigenvalue weighted by Gasteiger charge is 2.37. The molecule has 2 aromatic carbocycles. The molecule has 1 saturated heterocycles. The molecule has 1 fully saturated rings. The van der Waals surface area contributed by atoms with Crippen molar-refractivity contribution < 1.29 is 19.1 Å². The van der Waals surface area contributed by atoms with E-state index in [0.29, 0.717) is 35.5 Å². The quantitative estimate of drug-likeness (QED) is 0.849. The van der Waals surface area contributed by atoms with Crippen LogP contribution in [0, 0.1) is 13.8 Å². The van der Waals surface area contributed by atoms with Crippen molar-refractivity contribution in [2.45, 2.75) is 32.8 Å². The molecule has 6 nitrogen and oxygen atoms in total. The van der Waals surface area contributed by atoms with Gasteiger partial charge in [-0.05, 0) is 62.1 Å². The summed E-state index contributed by atoms with van der Waals surface area (Å²) in [6.45, 7) is 4.41. The molecule has 1 unspecified atom stereocenters. The minimum atomic E-state index is -0.456. The Morgan fingerprint density at radius 2 is 1.89 bits per heavy atom. The second kappa shape index (κ2) is 6.63. The number of carbonyl (C=O) groups excluding carboxylic acids is 3. The highest BCUT2D eigenvalue weighted by Crippen LogP contribution is 2.33. The second-order valence-corrected chi connectivity index (χ2v) is 6.92. The Kier molecular flexibility index (Phi) is 4.28. The minimum Gasteiger partial charge on any atom is -0.368 e. The number of hydrogen-bond acceptors (Lipinski definition) is 4. The number of anilines is 2. The lowest BCUT2D eigenvalue weighted by molar-refractivity contribution is -0.124. The summed E-state index contributed by atoms with van der Waals surface area (Å²) < 4.78 is 5.38. The Morgan fingerprint density at radius 3 is 2.63 bits per heavy atom. The van der Waals surface area contributed by atoms with E-state index in [9.17, 15) is 14.4 Å². The fourth-order valence-corrected chi connectivity index (χ4v) is 3.52. The van der Waals surface area contributed by atoms with Crippen molar-refractivity contribution in [3.63, 3.8) is 0 Å². The third kappa shape index (κ3) is 2.92. The molecule has 1 N–H and O–H groups in total. The summed E-state index contributed by atoms with van der Waals surface area (Å²) in [5.41, 5.74) is 3.61. The zero-order valence-corrected chi connectivity index (χ0v) is 15.2. The van der Waals surface area contributed by atoms with Crippen LogP contribution in [0.1, 0.15) is 44.7 Å². The third-order valence-corrected chi connectivity index (χ3v) is 5.19. The maximum absolute atomic E-state index is 12.9. The number of rotatable bonds is 3. The smallest absolute Gasteiger partial charge is 0.266 e. The number of benzene rings is 2. The maximum Gasteiger partial charge on any atom is 0.266 e. The van der Waals surface area contributed by atoms with Gasteiger partial charge in [-0.25, -0.2) is 4.90 Å². The number of nitrogens with zero attached hydrogens (tertiary/aromatic N) is 1. The van der Waals surface area contributed by atoms with Gasteiger partial charge in [0.25, 0.3) is 17.7 Å². The molecule has 0 bridgehead atoms. The number of amides is 3. The molecule has 0 saturated carbocycles. The average Bonchev–Trinajstić information content (AvgIpc) is 3.26. The van der Waals surface area contributed by atoms with E-state index in [-0.39, 0.29) is 17.7 Å². The lowest BCUT2D eigenvalue weighted by Gasteiger charge is -2.17. The molecule has 1 atom stereocenters. The van der Waals surface area contributed by atoms with Crippen molar-refractivity contribution in [3.05, 3.63) is 58.7 Å². The Morgan fingerprint density at radius 1 is 1.11 bits per heavy atom. The Bertz CT molecular complexity index is 961. The van der Waals surface area contributed by atoms with E-state index in [4.69, 9.17) is 4.74 Å². The maximum atomic E-state index is 12.9. The standard InChI is InChI=1S/C21H20N2O4/c1-12-5-3-6-17(13(12)2)23-20(25)15-9-8-14(11-16(15)21(23)26)22-19(24)18-7-4-10-27-18/h3,5-6,8-9,11,18H,4,7,10H2,1-2H3,(H,22,24). The first-order valence-electron chi connectivity index (χ1n) is 8.99. The molecule has 2 aliphatic rings. The molecule has 0 aromatic heterocycles. The molecular formula is C21H20N2O4. The molecule has 4 rings (SSSR count). The highest BCUT2D eigenvalue weighted by atomic mass is 16.5. The van der Waals surface area contributed by atoms with Crippen LogP contribution in [0.3, 0.4) is 0 Å². The van der Waals surface area contributed by atoms with Crippen LogP contribution in [-0.2, 0) is 9.53 Å². The summed E-state index contributed by atoms with van der Waals surface area (Å²) in [5.74, 6) is -0.951. The summed E-state index contributed by atoms with van der Waals surface area (Å²) in [4.78, 5) is 39.2. The van der Waals surface area contributed by atoms with Gasteiger partial charge in [-0.1, -0.05) is 12.1 Å². The first-order chi connectivity index (χ1) is 13.0. The van der Waals surface area contributed by atoms with Gasteiger partial charge in [-0.15, -0.1) is 0 Å². The summed E-state index contributed by atoms with van der Waals surface area (Å²) in [6.07, 6.45) is 1.09. The van der Waals surface area contributed by atoms with Gasteiger partial charge < -0.3 is 10.1 Å². The third-order valence-electron chi connectivity index (χ3n) is 5.19. The Balaban J connectivity index is 1.63. The molecule has 27 heavy (non-hydrogen) atoms. The van der Waals surface area contributed by atoms with Crippen molar-refractivity contribution >= 4 is 29.1 Å². The molecule has 6 heteroatoms. The summed E-state index contributed by atoms with van der Waals surface area (Å²) in [5, 5.41) is 2.78. The van der Waals surface area contributed by atoms with E-state index >= 15 is 0 Å². The SMILES string of the molecule is Cc1cccc(N2C(=O)c3ccc(NC(=O)C4CCCO4)cc3C2=O)c1C. The van der Waals surface area contributed by atoms with Gasteiger partial charge in [0.2, 0.25) is 0 Å². The Labute approximate surface area is 157 Å². The first kappa shape index (κ1) is 17.4. The summed E-state index contributed by atoms with van der Waals surface area (Å²) >= 11 is 0. The first-order valence-corrected chi connectivity index (χ1v) is 8.99. The van der Waals surface area contributed by atoms with Crippen LogP contribution < -0.4 is 10.2 Å². The summed E-state index contributed by atoms with van der Waals surface area (Å²) in [6, 6.07) is 10.3. The van der Waals surface area contributed by atoms with Crippen molar-refractivity contribution in [3.8, 4) is 0 Å². The van der Waals surface area contributed by atoms with E-state index in [1.165, 1.54) is 4.90 Å². The largest absolute Gasteiger partial charge is 0.368 e. The fraction of sp³-hybridized carbons (Fsp3) is 0.286. The molecular weight excluding hydrogens is 344 g/mol. The number of carbonyl (C=O) groups is 3. The van der Waals surface area contributed by atoms with Crippen LogP contribution >= 0.6 is 0 Å². The average molecular weight is 364 g/mol. The van der Waals surface area contributed by atoms with Crippen molar-refractivity contribution in [1.82, 2.24) is 0 Å². The predicted octanol–water partition coefficient (Wildman–Crippen LogP) is 3.22. The topological polar surface area (TPSA) is 75.7 Å². The number of ether oxygens (including phenoxy) is 1. The number of fused-ring (bicyclic) bond motifs is 1. The Hall–Kier alpha value is -2.99. The number of nitrogens with one attached hydrogen (secondary N) is 1. The van der Waals surface area contributed by atoms with Crippen LogP contribution in [0.5, 0.6) is 0 Å². The van der Waals surface area contributed by atoms with E-state index in [2.05, 4.69) is 5.32 Å². The van der Waals surface area contributed by atoms with Crippen LogP contribution in [0.4, 0.5) is 11.4 Å². The number of hydrogen-bond donors (Lipinski definition) is 1. The molecule has 2 aromatic rings. The molecule has 0 radical (unpaired) electrons. The molecule has 0 aliphatic carbocycles. The van der Waals surface area contributed by atoms with Crippen LogP contribution in [0.2, 0.25) is 0 Å². The van der Waals surface area contributed by atoms with Crippen molar-refractivity contribution in [1.29, 1.82) is 0 Å². The number of imide groups is 1. The van der Waals surface area contributed by atoms with Gasteiger partial charge in [-0.2, -0.15) is 0 Å². The van der Waals surface area contributed by atoms with Gasteiger partial charge >= 0.3 is 0 Å². The van der Waals surface area contributed by atoms with Crippen molar-refractivity contribution in [2.75, 3.05) is 16.8 Å². The van der Waals surface area contributed by atoms with E-state index < -0.39 is 6.10 Å². The molecule has 2 heterocycles. The van der Waals surface area contributed by atoms with Gasteiger partial charge in [0.1, 0.15) is 6.10 Å². The van der Waals surface area contributed by atoms with E-state index in [1.54, 1.807) is 24.3 Å². The zero-order valence-electron chi connectivity index (χ0n) is 15.2. The van der Waals surface area contributed by atoms with Gasteiger partial charge in [0.05, 0.1) is 16.8 Å². The van der Waals surface area contributed by atoms with Gasteiger partial charge in [0.15, 0.2) is 0 Å². The highest BCUT2D eigenvalue weighted by molar-refractivity contribution is 6.35. The van der Waals surface area contributed by atoms with Gasteiger partial charge in [-0.3, -0.25) is 14.4 Å². The molecule has 138 valence electrons. The molecule has 2 aliphatic heterocycles. The molecule has 0 spiro atoms. The van der Waals surface area contributed by atoms with E-state index in [1.807, 2.05) is 26.0 Å². The second-order valence-electron chi connectivity index (χ2n) is 6.92. The van der Waals surface area contributed by atoms with Crippen LogP contribution in [0.25, 0.3) is 0 Å². The monoisotopic (exact) mass is 364 g/mol. The van der Waals surface area contributed by atoms with Crippen LogP contribution in [0.15, 0.2) is 36.4 Å². The van der Waals surface area contributed by atoms with Crippen molar-refractivity contribution in [2.24, 2.45) is 0 Å². The normalized spacial score (nSPS) is 18.7. The van der Waals surface area contributed by atoms with E-state index in [0.717, 1.165) is 17.5 Å². The van der Waals surface area contributed by atoms with Crippen LogP contribution in [-0.4, -0.2) is 30.4 Å². The van der Waals surface area contributed by atoms with Gasteiger partial charge in [0, 0.05) is 12.3 Å². The minimum absolute atomic E-state index is 0.226. The number of aryl methyl sites for hydroxylation is 1. The fourth-order valence-electron chi connectivity index (χ4n) is 3.52. The molecule has 3 amide bonds. The summed E-state index contributed by atoms with van der Waals surface area (Å²) in [7, 11) is 0. The zero-order chi connectivity index (χ0) is 19.1. The lowest BCUT2D eigenvalue weighted by atomic mass is 10.1.